The summed E-state index contributed by atoms with van der Waals surface area (Å²) in [5, 5.41) is 0. The second-order valence-corrected chi connectivity index (χ2v) is 6.18. The molecule has 3 nitrogen and oxygen atoms in total. The molecule has 1 aliphatic heterocycles. The largest absolute Gasteiger partial charge is 0.444 e. The summed E-state index contributed by atoms with van der Waals surface area (Å²) in [4.78, 5) is 13.9. The van der Waals surface area contributed by atoms with Gasteiger partial charge in [-0.1, -0.05) is 30.3 Å². The molecular formula is C16H23NO2. The topological polar surface area (TPSA) is 29.5 Å². The van der Waals surface area contributed by atoms with Gasteiger partial charge in [0.1, 0.15) is 5.60 Å². The monoisotopic (exact) mass is 261 g/mol. The van der Waals surface area contributed by atoms with E-state index in [1.54, 1.807) is 0 Å². The van der Waals surface area contributed by atoms with Gasteiger partial charge in [0.2, 0.25) is 0 Å². The van der Waals surface area contributed by atoms with Crippen molar-refractivity contribution in [2.24, 2.45) is 0 Å². The van der Waals surface area contributed by atoms with E-state index in [2.05, 4.69) is 24.3 Å². The van der Waals surface area contributed by atoms with Crippen LogP contribution in [0.2, 0.25) is 0 Å². The number of hydrogen-bond donors (Lipinski definition) is 0. The fourth-order valence-electron chi connectivity index (χ4n) is 2.47. The molecule has 104 valence electrons. The highest BCUT2D eigenvalue weighted by Gasteiger charge is 2.28. The van der Waals surface area contributed by atoms with Gasteiger partial charge < -0.3 is 9.64 Å². The molecule has 2 rings (SSSR count). The Labute approximate surface area is 115 Å². The third kappa shape index (κ3) is 3.98. The van der Waals surface area contributed by atoms with Crippen molar-refractivity contribution in [1.29, 1.82) is 0 Å². The Kier molecular flexibility index (Phi) is 4.13. The number of nitrogens with zero attached hydrogens (tertiary/aromatic N) is 1. The molecule has 1 amide bonds. The lowest BCUT2D eigenvalue weighted by Gasteiger charge is -2.34. The highest BCUT2D eigenvalue weighted by molar-refractivity contribution is 5.68. The van der Waals surface area contributed by atoms with Gasteiger partial charge in [-0.05, 0) is 39.2 Å². The third-order valence-electron chi connectivity index (χ3n) is 3.34. The second kappa shape index (κ2) is 5.64. The van der Waals surface area contributed by atoms with E-state index in [0.717, 1.165) is 25.9 Å². The first-order valence-corrected chi connectivity index (χ1v) is 6.98. The second-order valence-electron chi connectivity index (χ2n) is 6.18. The van der Waals surface area contributed by atoms with Crippen molar-refractivity contribution in [2.75, 3.05) is 13.1 Å². The zero-order valence-corrected chi connectivity index (χ0v) is 12.1. The molecule has 1 aromatic carbocycles. The number of carbonyl (C=O) groups is 1. The molecule has 0 N–H and O–H groups in total. The summed E-state index contributed by atoms with van der Waals surface area (Å²) >= 11 is 0. The van der Waals surface area contributed by atoms with Gasteiger partial charge in [0.15, 0.2) is 0 Å². The third-order valence-corrected chi connectivity index (χ3v) is 3.34. The average molecular weight is 261 g/mol. The highest BCUT2D eigenvalue weighted by atomic mass is 16.6. The van der Waals surface area contributed by atoms with Crippen LogP contribution >= 0.6 is 0 Å². The van der Waals surface area contributed by atoms with Crippen LogP contribution in [0.25, 0.3) is 0 Å². The minimum absolute atomic E-state index is 0.187. The van der Waals surface area contributed by atoms with Crippen LogP contribution in [-0.2, 0) is 4.74 Å². The fourth-order valence-corrected chi connectivity index (χ4v) is 2.47. The van der Waals surface area contributed by atoms with Crippen molar-refractivity contribution >= 4 is 6.09 Å². The zero-order valence-electron chi connectivity index (χ0n) is 12.1. The molecule has 1 fully saturated rings. The Morgan fingerprint density at radius 3 is 2.58 bits per heavy atom. The Bertz CT molecular complexity index is 422. The van der Waals surface area contributed by atoms with Crippen LogP contribution in [0.1, 0.15) is 45.1 Å². The SMILES string of the molecule is CC(C)(C)OC(=O)N1CCC[C@@H](c2ccccc2)C1. The van der Waals surface area contributed by atoms with Crippen molar-refractivity contribution in [2.45, 2.75) is 45.1 Å². The predicted molar refractivity (Wildman–Crippen MR) is 76.2 cm³/mol. The molecule has 0 radical (unpaired) electrons. The lowest BCUT2D eigenvalue weighted by atomic mass is 9.91. The Morgan fingerprint density at radius 2 is 1.95 bits per heavy atom. The van der Waals surface area contributed by atoms with Crippen molar-refractivity contribution in [1.82, 2.24) is 4.90 Å². The number of ether oxygens (including phenoxy) is 1. The summed E-state index contributed by atoms with van der Waals surface area (Å²) in [6, 6.07) is 10.4. The molecular weight excluding hydrogens is 238 g/mol. The zero-order chi connectivity index (χ0) is 13.9. The van der Waals surface area contributed by atoms with E-state index in [4.69, 9.17) is 4.74 Å². The molecule has 1 saturated heterocycles. The lowest BCUT2D eigenvalue weighted by Crippen LogP contribution is -2.42. The maximum atomic E-state index is 12.1. The van der Waals surface area contributed by atoms with Gasteiger partial charge in [0.05, 0.1) is 0 Å². The predicted octanol–water partition coefficient (Wildman–Crippen LogP) is 3.80. The smallest absolute Gasteiger partial charge is 0.410 e. The Balaban J connectivity index is 2.00. The number of likely N-dealkylation sites (tertiary alicyclic amines) is 1. The molecule has 1 atom stereocenters. The van der Waals surface area contributed by atoms with Crippen LogP contribution in [0.4, 0.5) is 4.79 Å². The van der Waals surface area contributed by atoms with Gasteiger partial charge in [-0.15, -0.1) is 0 Å². The number of benzene rings is 1. The molecule has 0 aromatic heterocycles. The summed E-state index contributed by atoms with van der Waals surface area (Å²) in [5.41, 5.74) is 0.896. The van der Waals surface area contributed by atoms with E-state index in [-0.39, 0.29) is 6.09 Å². The number of piperidine rings is 1. The molecule has 0 aliphatic carbocycles. The molecule has 0 saturated carbocycles. The van der Waals surface area contributed by atoms with E-state index < -0.39 is 5.60 Å². The first kappa shape index (κ1) is 13.9. The molecule has 1 aliphatic rings. The number of amides is 1. The minimum atomic E-state index is -0.420. The van der Waals surface area contributed by atoms with Gasteiger partial charge in [-0.2, -0.15) is 0 Å². The van der Waals surface area contributed by atoms with E-state index in [0.29, 0.717) is 5.92 Å². The quantitative estimate of drug-likeness (QED) is 0.769. The fraction of sp³-hybridized carbons (Fsp3) is 0.562. The van der Waals surface area contributed by atoms with Crippen LogP contribution in [0.5, 0.6) is 0 Å². The minimum Gasteiger partial charge on any atom is -0.444 e. The molecule has 1 heterocycles. The van der Waals surface area contributed by atoms with Crippen molar-refractivity contribution < 1.29 is 9.53 Å². The summed E-state index contributed by atoms with van der Waals surface area (Å²) in [7, 11) is 0. The highest BCUT2D eigenvalue weighted by Crippen LogP contribution is 2.27. The standard InChI is InChI=1S/C16H23NO2/c1-16(2,3)19-15(18)17-11-7-10-14(12-17)13-8-5-4-6-9-13/h4-6,8-9,14H,7,10-12H2,1-3H3/t14-/m1/s1. The maximum Gasteiger partial charge on any atom is 0.410 e. The number of hydrogen-bond acceptors (Lipinski definition) is 2. The van der Waals surface area contributed by atoms with Gasteiger partial charge in [0.25, 0.3) is 0 Å². The van der Waals surface area contributed by atoms with E-state index in [9.17, 15) is 4.79 Å². The van der Waals surface area contributed by atoms with Gasteiger partial charge >= 0.3 is 6.09 Å². The van der Waals surface area contributed by atoms with Gasteiger partial charge in [-0.25, -0.2) is 4.79 Å². The lowest BCUT2D eigenvalue weighted by molar-refractivity contribution is 0.0198. The first-order chi connectivity index (χ1) is 8.96. The number of carbonyl (C=O) groups excluding carboxylic acids is 1. The van der Waals surface area contributed by atoms with Crippen molar-refractivity contribution in [3.63, 3.8) is 0 Å². The summed E-state index contributed by atoms with van der Waals surface area (Å²) < 4.78 is 5.45. The summed E-state index contributed by atoms with van der Waals surface area (Å²) in [6.07, 6.45) is 2.00. The van der Waals surface area contributed by atoms with Gasteiger partial charge in [0, 0.05) is 19.0 Å². The van der Waals surface area contributed by atoms with Crippen LogP contribution in [-0.4, -0.2) is 29.7 Å². The van der Waals surface area contributed by atoms with Crippen LogP contribution in [0, 0.1) is 0 Å². The van der Waals surface area contributed by atoms with Crippen LogP contribution < -0.4 is 0 Å². The van der Waals surface area contributed by atoms with Crippen molar-refractivity contribution in [3.05, 3.63) is 35.9 Å². The number of rotatable bonds is 1. The molecule has 19 heavy (non-hydrogen) atoms. The van der Waals surface area contributed by atoms with E-state index in [1.165, 1.54) is 5.56 Å². The normalized spacial score (nSPS) is 20.2. The molecule has 1 aromatic rings. The van der Waals surface area contributed by atoms with Crippen molar-refractivity contribution in [3.8, 4) is 0 Å². The summed E-state index contributed by atoms with van der Waals surface area (Å²) in [5.74, 6) is 0.433. The van der Waals surface area contributed by atoms with E-state index >= 15 is 0 Å². The Hall–Kier alpha value is -1.51. The van der Waals surface area contributed by atoms with Gasteiger partial charge in [-0.3, -0.25) is 0 Å². The van der Waals surface area contributed by atoms with Crippen LogP contribution in [0.15, 0.2) is 30.3 Å². The molecule has 0 unspecified atom stereocenters. The molecule has 0 spiro atoms. The van der Waals surface area contributed by atoms with E-state index in [1.807, 2.05) is 31.7 Å². The molecule has 3 heteroatoms. The maximum absolute atomic E-state index is 12.1. The molecule has 0 bridgehead atoms. The average Bonchev–Trinajstić information content (AvgIpc) is 2.38. The summed E-state index contributed by atoms with van der Waals surface area (Å²) in [6.45, 7) is 7.29. The first-order valence-electron chi connectivity index (χ1n) is 6.98. The Morgan fingerprint density at radius 1 is 1.26 bits per heavy atom. The van der Waals surface area contributed by atoms with Crippen LogP contribution in [0.3, 0.4) is 0 Å².